The summed E-state index contributed by atoms with van der Waals surface area (Å²) in [6, 6.07) is 0.00553. The van der Waals surface area contributed by atoms with E-state index in [-0.39, 0.29) is 40.6 Å². The van der Waals surface area contributed by atoms with Gasteiger partial charge in [0, 0.05) is 19.5 Å². The molecule has 1 heterocycles. The smallest absolute Gasteiger partial charge is 0.410 e. The van der Waals surface area contributed by atoms with Crippen molar-refractivity contribution in [2.75, 3.05) is 13.2 Å². The Balaban J connectivity index is 1.72. The predicted molar refractivity (Wildman–Crippen MR) is 120 cm³/mol. The molecule has 8 heteroatoms. The van der Waals surface area contributed by atoms with Gasteiger partial charge in [0.15, 0.2) is 9.84 Å². The van der Waals surface area contributed by atoms with Gasteiger partial charge in [-0.2, -0.15) is 0 Å². The molecule has 3 rings (SSSR count). The Morgan fingerprint density at radius 3 is 2.16 bits per heavy atom. The zero-order valence-corrected chi connectivity index (χ0v) is 20.6. The minimum absolute atomic E-state index is 0.0172. The van der Waals surface area contributed by atoms with E-state index in [0.29, 0.717) is 25.0 Å². The van der Waals surface area contributed by atoms with E-state index >= 15 is 0 Å². The average molecular weight is 457 g/mol. The Kier molecular flexibility index (Phi) is 7.59. The summed E-state index contributed by atoms with van der Waals surface area (Å²) in [7, 11) is -3.04. The van der Waals surface area contributed by atoms with Crippen LogP contribution in [0.3, 0.4) is 0 Å². The van der Waals surface area contributed by atoms with E-state index in [4.69, 9.17) is 4.74 Å². The summed E-state index contributed by atoms with van der Waals surface area (Å²) >= 11 is 0. The number of carbonyl (C=O) groups excluding carboxylic acids is 2. The second kappa shape index (κ2) is 9.67. The third kappa shape index (κ3) is 4.88. The minimum Gasteiger partial charge on any atom is -0.450 e. The van der Waals surface area contributed by atoms with Crippen molar-refractivity contribution in [3.8, 4) is 0 Å². The van der Waals surface area contributed by atoms with Gasteiger partial charge in [0.25, 0.3) is 0 Å². The molecule has 7 nitrogen and oxygen atoms in total. The van der Waals surface area contributed by atoms with Gasteiger partial charge in [0.1, 0.15) is 0 Å². The molecule has 0 aromatic heterocycles. The van der Waals surface area contributed by atoms with Crippen molar-refractivity contribution in [1.82, 2.24) is 9.80 Å². The quantitative estimate of drug-likeness (QED) is 0.645. The molecule has 2 aliphatic carbocycles. The largest absolute Gasteiger partial charge is 0.450 e. The maximum absolute atomic E-state index is 12.7. The monoisotopic (exact) mass is 456 g/mol. The number of ether oxygens (including phenoxy) is 1. The second-order valence-electron chi connectivity index (χ2n) is 10.0. The van der Waals surface area contributed by atoms with Gasteiger partial charge in [-0.15, -0.1) is 0 Å². The minimum atomic E-state index is -3.04. The molecule has 3 aliphatic rings. The first-order chi connectivity index (χ1) is 14.6. The van der Waals surface area contributed by atoms with Crippen molar-refractivity contribution in [3.05, 3.63) is 0 Å². The topological polar surface area (TPSA) is 84.0 Å². The third-order valence-electron chi connectivity index (χ3n) is 7.89. The van der Waals surface area contributed by atoms with E-state index in [2.05, 4.69) is 0 Å². The molecule has 0 spiro atoms. The molecule has 0 radical (unpaired) electrons. The molecule has 0 aromatic carbocycles. The van der Waals surface area contributed by atoms with Crippen molar-refractivity contribution in [2.24, 2.45) is 11.8 Å². The van der Waals surface area contributed by atoms with Gasteiger partial charge in [-0.25, -0.2) is 13.2 Å². The highest BCUT2D eigenvalue weighted by Crippen LogP contribution is 2.44. The van der Waals surface area contributed by atoms with Crippen LogP contribution in [0.15, 0.2) is 0 Å². The highest BCUT2D eigenvalue weighted by atomic mass is 32.2. The van der Waals surface area contributed by atoms with Crippen LogP contribution in [-0.2, 0) is 19.4 Å². The number of sulfone groups is 1. The van der Waals surface area contributed by atoms with Crippen LogP contribution < -0.4 is 0 Å². The second-order valence-corrected chi connectivity index (χ2v) is 12.8. The first-order valence-electron chi connectivity index (χ1n) is 12.0. The lowest BCUT2D eigenvalue weighted by Crippen LogP contribution is -2.67. The Labute approximate surface area is 187 Å². The molecule has 1 saturated heterocycles. The summed E-state index contributed by atoms with van der Waals surface area (Å²) in [5.41, 5.74) is 0. The molecular weight excluding hydrogens is 416 g/mol. The number of carbonyl (C=O) groups is 2. The summed E-state index contributed by atoms with van der Waals surface area (Å²) in [6.45, 7) is 9.84. The van der Waals surface area contributed by atoms with Crippen molar-refractivity contribution in [1.29, 1.82) is 0 Å². The summed E-state index contributed by atoms with van der Waals surface area (Å²) in [4.78, 5) is 28.9. The molecule has 2 saturated carbocycles. The number of nitrogens with zero attached hydrogens (tertiary/aromatic N) is 2. The lowest BCUT2D eigenvalue weighted by Gasteiger charge is -2.54. The van der Waals surface area contributed by atoms with E-state index in [1.165, 1.54) is 0 Å². The highest BCUT2D eigenvalue weighted by molar-refractivity contribution is 7.92. The molecule has 31 heavy (non-hydrogen) atoms. The van der Waals surface area contributed by atoms with Gasteiger partial charge in [0.05, 0.1) is 29.2 Å². The molecule has 2 amide bonds. The van der Waals surface area contributed by atoms with Gasteiger partial charge >= 0.3 is 6.09 Å². The number of rotatable bonds is 4. The van der Waals surface area contributed by atoms with Crippen molar-refractivity contribution in [3.63, 3.8) is 0 Å². The number of hydrogen-bond acceptors (Lipinski definition) is 5. The van der Waals surface area contributed by atoms with Crippen LogP contribution in [0.25, 0.3) is 0 Å². The average Bonchev–Trinajstić information content (AvgIpc) is 2.72. The molecule has 1 aliphatic heterocycles. The Morgan fingerprint density at radius 2 is 1.61 bits per heavy atom. The predicted octanol–water partition coefficient (Wildman–Crippen LogP) is 3.61. The van der Waals surface area contributed by atoms with Gasteiger partial charge in [0.2, 0.25) is 5.91 Å². The van der Waals surface area contributed by atoms with Crippen LogP contribution in [0.1, 0.15) is 79.6 Å². The van der Waals surface area contributed by atoms with E-state index in [1.807, 2.05) is 23.6 Å². The Bertz CT molecular complexity index is 760. The maximum atomic E-state index is 12.7. The molecule has 4 atom stereocenters. The van der Waals surface area contributed by atoms with Crippen molar-refractivity contribution >= 4 is 21.8 Å². The number of piperazine rings is 1. The number of amides is 2. The Hall–Kier alpha value is -1.31. The van der Waals surface area contributed by atoms with E-state index < -0.39 is 9.84 Å². The lowest BCUT2D eigenvalue weighted by molar-refractivity contribution is -0.142. The molecule has 0 N–H and O–H groups in total. The fraction of sp³-hybridized carbons (Fsp3) is 0.913. The van der Waals surface area contributed by atoms with Gasteiger partial charge < -0.3 is 14.5 Å². The van der Waals surface area contributed by atoms with Gasteiger partial charge in [-0.05, 0) is 84.5 Å². The number of hydrogen-bond donors (Lipinski definition) is 0. The van der Waals surface area contributed by atoms with E-state index in [1.54, 1.807) is 20.8 Å². The van der Waals surface area contributed by atoms with Crippen molar-refractivity contribution < 1.29 is 22.7 Å². The van der Waals surface area contributed by atoms with Gasteiger partial charge in [-0.3, -0.25) is 4.79 Å². The standard InChI is InChI=1S/C23H40N2O5S/c1-6-30-23(27)24-14-16(4)25(17(5)26)21-12-9-19(13-22(21)24)18-7-10-20(11-8-18)31(28,29)15(2)3/h15-16,18-22H,6-14H2,1-5H3/t16-,18?,19?,20?,21?,22?/m0/s1. The van der Waals surface area contributed by atoms with Crippen molar-refractivity contribution in [2.45, 2.75) is 108 Å². The highest BCUT2D eigenvalue weighted by Gasteiger charge is 2.48. The maximum Gasteiger partial charge on any atom is 0.410 e. The normalized spacial score (nSPS) is 34.4. The zero-order chi connectivity index (χ0) is 22.9. The SMILES string of the molecule is CCOC(=O)N1C[C@H](C)N(C(C)=O)C2CCC(C3CCC(S(=O)(=O)C(C)C)CC3)CC21. The molecule has 3 fully saturated rings. The molecule has 3 unspecified atom stereocenters. The van der Waals surface area contributed by atoms with E-state index in [0.717, 1.165) is 44.9 Å². The van der Waals surface area contributed by atoms with Crippen LogP contribution in [0.5, 0.6) is 0 Å². The van der Waals surface area contributed by atoms with Gasteiger partial charge in [-0.1, -0.05) is 0 Å². The molecule has 0 bridgehead atoms. The van der Waals surface area contributed by atoms with Crippen LogP contribution in [0, 0.1) is 11.8 Å². The lowest BCUT2D eigenvalue weighted by atomic mass is 9.69. The first kappa shape index (κ1) is 24.3. The Morgan fingerprint density at radius 1 is 1.00 bits per heavy atom. The third-order valence-corrected chi connectivity index (χ3v) is 10.6. The zero-order valence-electron chi connectivity index (χ0n) is 19.7. The summed E-state index contributed by atoms with van der Waals surface area (Å²) in [5, 5.41) is -0.524. The molecular formula is C23H40N2O5S. The first-order valence-corrected chi connectivity index (χ1v) is 13.6. The molecule has 0 aromatic rings. The van der Waals surface area contributed by atoms with Crippen LogP contribution in [0.2, 0.25) is 0 Å². The summed E-state index contributed by atoms with van der Waals surface area (Å²) < 4.78 is 30.5. The molecule has 178 valence electrons. The number of fused-ring (bicyclic) bond motifs is 1. The summed E-state index contributed by atoms with van der Waals surface area (Å²) in [6.07, 6.45) is 5.86. The fourth-order valence-electron chi connectivity index (χ4n) is 6.32. The van der Waals surface area contributed by atoms with Crippen LogP contribution in [0.4, 0.5) is 4.79 Å². The van der Waals surface area contributed by atoms with E-state index in [9.17, 15) is 18.0 Å². The fourth-order valence-corrected chi connectivity index (χ4v) is 8.02. The summed E-state index contributed by atoms with van der Waals surface area (Å²) in [5.74, 6) is 1.03. The van der Waals surface area contributed by atoms with Crippen LogP contribution >= 0.6 is 0 Å². The van der Waals surface area contributed by atoms with Crippen LogP contribution in [-0.4, -0.2) is 72.0 Å².